The van der Waals surface area contributed by atoms with Gasteiger partial charge in [-0.15, -0.1) is 0 Å². The van der Waals surface area contributed by atoms with Crippen molar-refractivity contribution in [2.75, 3.05) is 36.2 Å². The highest BCUT2D eigenvalue weighted by Crippen LogP contribution is 2.34. The Labute approximate surface area is 203 Å². The maximum atomic E-state index is 13.1. The molecule has 3 N–H and O–H groups in total. The van der Waals surface area contributed by atoms with E-state index in [1.54, 1.807) is 0 Å². The van der Waals surface area contributed by atoms with Crippen LogP contribution in [0.15, 0.2) is 24.3 Å². The molecule has 1 aromatic carbocycles. The minimum absolute atomic E-state index is 0.243. The van der Waals surface area contributed by atoms with Gasteiger partial charge >= 0.3 is 12.2 Å². The first-order valence-corrected chi connectivity index (χ1v) is 12.3. The number of aryl methyl sites for hydroxylation is 1. The van der Waals surface area contributed by atoms with Gasteiger partial charge in [0.2, 0.25) is 5.95 Å². The number of rotatable bonds is 6. The number of alkyl halides is 3. The van der Waals surface area contributed by atoms with Gasteiger partial charge < -0.3 is 20.9 Å². The molecule has 4 rings (SSSR count). The van der Waals surface area contributed by atoms with Gasteiger partial charge in [-0.2, -0.15) is 18.2 Å². The predicted molar refractivity (Wildman–Crippen MR) is 131 cm³/mol. The molecule has 190 valence electrons. The van der Waals surface area contributed by atoms with Crippen molar-refractivity contribution in [1.29, 1.82) is 0 Å². The molecule has 0 radical (unpaired) electrons. The standard InChI is InChI=1S/C25H33F3N6O/c1-34(2)22-18-7-3-5-9-20(18)31-23(33-22)30-17-13-11-16(12-14-17)15-29-24(35)32-21-10-6-4-8-19(21)25(26,27)28/h4,6,8,10,16-17H,3,5,7,9,11-15H2,1-2H3,(H2,29,32,35)(H,30,31,33). The molecule has 0 saturated heterocycles. The maximum Gasteiger partial charge on any atom is 0.418 e. The van der Waals surface area contributed by atoms with Crippen molar-refractivity contribution < 1.29 is 18.0 Å². The number of carbonyl (C=O) groups excluding carboxylic acids is 1. The normalized spacial score (nSPS) is 20.0. The summed E-state index contributed by atoms with van der Waals surface area (Å²) >= 11 is 0. The molecule has 1 fully saturated rings. The number of halogens is 3. The SMILES string of the molecule is CN(C)c1nc(NC2CCC(CNC(=O)Nc3ccccc3C(F)(F)F)CC2)nc2c1CCCC2. The predicted octanol–water partition coefficient (Wildman–Crippen LogP) is 5.23. The number of aromatic nitrogens is 2. The third kappa shape index (κ3) is 6.35. The molecule has 0 spiro atoms. The zero-order valence-electron chi connectivity index (χ0n) is 20.2. The second-order valence-corrected chi connectivity index (χ2v) is 9.64. The van der Waals surface area contributed by atoms with E-state index in [-0.39, 0.29) is 17.6 Å². The molecule has 2 aromatic rings. The third-order valence-electron chi connectivity index (χ3n) is 6.80. The number of urea groups is 1. The van der Waals surface area contributed by atoms with Crippen molar-refractivity contribution in [3.8, 4) is 0 Å². The summed E-state index contributed by atoms with van der Waals surface area (Å²) in [6.07, 6.45) is 3.47. The Balaban J connectivity index is 1.26. The molecule has 35 heavy (non-hydrogen) atoms. The number of nitrogens with zero attached hydrogens (tertiary/aromatic N) is 3. The number of fused-ring (bicyclic) bond motifs is 1. The van der Waals surface area contributed by atoms with E-state index < -0.39 is 17.8 Å². The highest BCUT2D eigenvalue weighted by Gasteiger charge is 2.33. The van der Waals surface area contributed by atoms with Gasteiger partial charge in [0.05, 0.1) is 16.9 Å². The number of carbonyl (C=O) groups is 1. The fourth-order valence-corrected chi connectivity index (χ4v) is 4.95. The molecule has 1 aromatic heterocycles. The lowest BCUT2D eigenvalue weighted by Crippen LogP contribution is -2.36. The first kappa shape index (κ1) is 25.1. The van der Waals surface area contributed by atoms with E-state index in [0.29, 0.717) is 12.5 Å². The van der Waals surface area contributed by atoms with Crippen LogP contribution in [0.2, 0.25) is 0 Å². The summed E-state index contributed by atoms with van der Waals surface area (Å²) in [5, 5.41) is 8.57. The molecule has 0 unspecified atom stereocenters. The number of amides is 2. The van der Waals surface area contributed by atoms with Gasteiger partial charge in [-0.25, -0.2) is 9.78 Å². The molecule has 1 saturated carbocycles. The van der Waals surface area contributed by atoms with Gasteiger partial charge in [-0.3, -0.25) is 0 Å². The van der Waals surface area contributed by atoms with Gasteiger partial charge in [0, 0.05) is 32.2 Å². The molecular weight excluding hydrogens is 457 g/mol. The zero-order chi connectivity index (χ0) is 25.0. The van der Waals surface area contributed by atoms with E-state index in [1.807, 2.05) is 14.1 Å². The van der Waals surface area contributed by atoms with Gasteiger partial charge in [0.15, 0.2) is 0 Å². The van der Waals surface area contributed by atoms with E-state index >= 15 is 0 Å². The Morgan fingerprint density at radius 2 is 1.77 bits per heavy atom. The largest absolute Gasteiger partial charge is 0.418 e. The molecule has 7 nitrogen and oxygen atoms in total. The van der Waals surface area contributed by atoms with Crippen LogP contribution in [0.3, 0.4) is 0 Å². The minimum atomic E-state index is -4.52. The molecule has 2 amide bonds. The maximum absolute atomic E-state index is 13.1. The first-order valence-electron chi connectivity index (χ1n) is 12.3. The third-order valence-corrected chi connectivity index (χ3v) is 6.80. The van der Waals surface area contributed by atoms with Crippen molar-refractivity contribution in [1.82, 2.24) is 15.3 Å². The quantitative estimate of drug-likeness (QED) is 0.516. The number of nitrogens with one attached hydrogen (secondary N) is 3. The van der Waals surface area contributed by atoms with Crippen LogP contribution in [0.25, 0.3) is 0 Å². The molecule has 2 aliphatic carbocycles. The summed E-state index contributed by atoms with van der Waals surface area (Å²) in [6, 6.07) is 4.61. The number of anilines is 3. The highest BCUT2D eigenvalue weighted by atomic mass is 19.4. The van der Waals surface area contributed by atoms with E-state index in [4.69, 9.17) is 9.97 Å². The first-order chi connectivity index (χ1) is 16.7. The Kier molecular flexibility index (Phi) is 7.66. The average molecular weight is 491 g/mol. The average Bonchev–Trinajstić information content (AvgIpc) is 2.82. The van der Waals surface area contributed by atoms with Crippen molar-refractivity contribution in [3.63, 3.8) is 0 Å². The molecule has 0 bridgehead atoms. The van der Waals surface area contributed by atoms with E-state index in [2.05, 4.69) is 20.9 Å². The molecular formula is C25H33F3N6O. The monoisotopic (exact) mass is 490 g/mol. The van der Waals surface area contributed by atoms with Crippen LogP contribution >= 0.6 is 0 Å². The summed E-state index contributed by atoms with van der Waals surface area (Å²) in [5.74, 6) is 1.95. The van der Waals surface area contributed by atoms with E-state index in [0.717, 1.165) is 62.5 Å². The molecule has 2 aliphatic rings. The minimum Gasteiger partial charge on any atom is -0.362 e. The van der Waals surface area contributed by atoms with Crippen LogP contribution in [0.1, 0.15) is 55.3 Å². The second kappa shape index (κ2) is 10.7. The van der Waals surface area contributed by atoms with Crippen LogP contribution in [-0.4, -0.2) is 42.7 Å². The van der Waals surface area contributed by atoms with Crippen LogP contribution in [0, 0.1) is 5.92 Å². The topological polar surface area (TPSA) is 82.2 Å². The fourth-order valence-electron chi connectivity index (χ4n) is 4.95. The molecule has 0 aliphatic heterocycles. The van der Waals surface area contributed by atoms with E-state index in [9.17, 15) is 18.0 Å². The summed E-state index contributed by atoms with van der Waals surface area (Å²) in [4.78, 5) is 23.9. The second-order valence-electron chi connectivity index (χ2n) is 9.64. The smallest absolute Gasteiger partial charge is 0.362 e. The van der Waals surface area contributed by atoms with Gasteiger partial charge in [0.25, 0.3) is 0 Å². The van der Waals surface area contributed by atoms with Crippen molar-refractivity contribution in [2.45, 2.75) is 63.6 Å². The summed E-state index contributed by atoms with van der Waals surface area (Å²) in [6.45, 7) is 0.423. The fraction of sp³-hybridized carbons (Fsp3) is 0.560. The summed E-state index contributed by atoms with van der Waals surface area (Å²) in [7, 11) is 4.02. The van der Waals surface area contributed by atoms with Crippen LogP contribution in [-0.2, 0) is 19.0 Å². The van der Waals surface area contributed by atoms with E-state index in [1.165, 1.54) is 30.2 Å². The lowest BCUT2D eigenvalue weighted by atomic mass is 9.86. The lowest BCUT2D eigenvalue weighted by molar-refractivity contribution is -0.136. The number of hydrogen-bond acceptors (Lipinski definition) is 5. The zero-order valence-corrected chi connectivity index (χ0v) is 20.2. The Bertz CT molecular complexity index is 1030. The van der Waals surface area contributed by atoms with Crippen LogP contribution in [0.4, 0.5) is 35.4 Å². The Morgan fingerprint density at radius 1 is 1.06 bits per heavy atom. The molecule has 10 heteroatoms. The Morgan fingerprint density at radius 3 is 2.49 bits per heavy atom. The van der Waals surface area contributed by atoms with Crippen molar-refractivity contribution >= 4 is 23.5 Å². The molecule has 0 atom stereocenters. The Hall–Kier alpha value is -3.04. The summed E-state index contributed by atoms with van der Waals surface area (Å²) < 4.78 is 39.4. The lowest BCUT2D eigenvalue weighted by Gasteiger charge is -2.30. The van der Waals surface area contributed by atoms with Gasteiger partial charge in [-0.05, 0) is 69.4 Å². The molecule has 1 heterocycles. The summed E-state index contributed by atoms with van der Waals surface area (Å²) in [5.41, 5.74) is 1.31. The van der Waals surface area contributed by atoms with Crippen molar-refractivity contribution in [3.05, 3.63) is 41.1 Å². The van der Waals surface area contributed by atoms with Gasteiger partial charge in [0.1, 0.15) is 5.82 Å². The number of para-hydroxylation sites is 1. The number of hydrogen-bond donors (Lipinski definition) is 3. The van der Waals surface area contributed by atoms with Crippen molar-refractivity contribution in [2.24, 2.45) is 5.92 Å². The van der Waals surface area contributed by atoms with Gasteiger partial charge in [-0.1, -0.05) is 12.1 Å². The van der Waals surface area contributed by atoms with Crippen LogP contribution in [0.5, 0.6) is 0 Å². The number of benzene rings is 1. The van der Waals surface area contributed by atoms with Crippen LogP contribution < -0.4 is 20.9 Å². The highest BCUT2D eigenvalue weighted by molar-refractivity contribution is 5.90.